The number of hydrogen-bond donors (Lipinski definition) is 1. The van der Waals surface area contributed by atoms with Gasteiger partial charge in [-0.05, 0) is 35.2 Å². The van der Waals surface area contributed by atoms with Crippen molar-refractivity contribution in [2.24, 2.45) is 5.73 Å². The van der Waals surface area contributed by atoms with Gasteiger partial charge in [-0.15, -0.1) is 0 Å². The second-order valence-corrected chi connectivity index (χ2v) is 4.49. The largest absolute Gasteiger partial charge is 0.366 e. The molecule has 1 aromatic heterocycles. The number of nitrogens with two attached hydrogens (primary N) is 1. The van der Waals surface area contributed by atoms with Crippen molar-refractivity contribution in [3.63, 3.8) is 0 Å². The third kappa shape index (κ3) is 2.12. The molecule has 0 aliphatic heterocycles. The lowest BCUT2D eigenvalue weighted by molar-refractivity contribution is 0.100. The van der Waals surface area contributed by atoms with Crippen LogP contribution in [-0.2, 0) is 0 Å². The Bertz CT molecular complexity index is 797. The number of benzene rings is 2. The maximum absolute atomic E-state index is 13.0. The van der Waals surface area contributed by atoms with Crippen LogP contribution in [0.25, 0.3) is 21.9 Å². The van der Waals surface area contributed by atoms with Crippen molar-refractivity contribution in [1.29, 1.82) is 0 Å². The fraction of sp³-hybridized carbons (Fsp3) is 0. The Balaban J connectivity index is 2.26. The number of pyridine rings is 1. The van der Waals surface area contributed by atoms with Crippen LogP contribution in [-0.4, -0.2) is 10.9 Å². The molecular weight excluding hydrogens is 255 g/mol. The van der Waals surface area contributed by atoms with Crippen molar-refractivity contribution in [1.82, 2.24) is 4.98 Å². The molecule has 0 aliphatic carbocycles. The predicted octanol–water partition coefficient (Wildman–Crippen LogP) is 3.14. The van der Waals surface area contributed by atoms with Gasteiger partial charge < -0.3 is 5.73 Å². The molecule has 3 aromatic rings. The molecule has 2 aromatic carbocycles. The van der Waals surface area contributed by atoms with Crippen molar-refractivity contribution in [3.05, 3.63) is 66.2 Å². The summed E-state index contributed by atoms with van der Waals surface area (Å²) in [5.41, 5.74) is 7.42. The maximum atomic E-state index is 13.0. The summed E-state index contributed by atoms with van der Waals surface area (Å²) in [5, 5.41) is 1.76. The molecule has 0 fully saturated rings. The highest BCUT2D eigenvalue weighted by Crippen LogP contribution is 2.28. The zero-order valence-electron chi connectivity index (χ0n) is 10.5. The summed E-state index contributed by atoms with van der Waals surface area (Å²) in [4.78, 5) is 15.5. The predicted molar refractivity (Wildman–Crippen MR) is 75.7 cm³/mol. The van der Waals surface area contributed by atoms with Gasteiger partial charge in [0.15, 0.2) is 0 Å². The van der Waals surface area contributed by atoms with Crippen molar-refractivity contribution < 1.29 is 9.18 Å². The zero-order chi connectivity index (χ0) is 14.1. The second kappa shape index (κ2) is 4.74. The standard InChI is InChI=1S/C16H11FN2O/c17-13-5-3-10(4-6-13)15-9-19-8-12-2-1-11(16(18)20)7-14(12)15/h1-9H,(H2,18,20). The minimum Gasteiger partial charge on any atom is -0.366 e. The molecule has 0 radical (unpaired) electrons. The average Bonchev–Trinajstić information content (AvgIpc) is 2.47. The summed E-state index contributed by atoms with van der Waals surface area (Å²) < 4.78 is 13.0. The van der Waals surface area contributed by atoms with E-state index in [-0.39, 0.29) is 5.82 Å². The van der Waals surface area contributed by atoms with Gasteiger partial charge in [-0.25, -0.2) is 4.39 Å². The number of halogens is 1. The number of carbonyl (C=O) groups excluding carboxylic acids is 1. The minimum atomic E-state index is -0.478. The monoisotopic (exact) mass is 266 g/mol. The number of carbonyl (C=O) groups is 1. The summed E-state index contributed by atoms with van der Waals surface area (Å²) in [7, 11) is 0. The number of amides is 1. The molecule has 3 rings (SSSR count). The van der Waals surface area contributed by atoms with Crippen LogP contribution < -0.4 is 5.73 Å². The van der Waals surface area contributed by atoms with Crippen LogP contribution >= 0.6 is 0 Å². The number of aromatic nitrogens is 1. The van der Waals surface area contributed by atoms with E-state index in [9.17, 15) is 9.18 Å². The van der Waals surface area contributed by atoms with Crippen LogP contribution in [0, 0.1) is 5.82 Å². The highest BCUT2D eigenvalue weighted by molar-refractivity contribution is 6.02. The third-order valence-electron chi connectivity index (χ3n) is 3.20. The number of rotatable bonds is 2. The Labute approximate surface area is 114 Å². The van der Waals surface area contributed by atoms with Crippen LogP contribution in [0.3, 0.4) is 0 Å². The molecule has 0 saturated heterocycles. The molecular formula is C16H11FN2O. The number of nitrogens with zero attached hydrogens (tertiary/aromatic N) is 1. The van der Waals surface area contributed by atoms with Crippen molar-refractivity contribution in [2.45, 2.75) is 0 Å². The first-order valence-electron chi connectivity index (χ1n) is 6.08. The maximum Gasteiger partial charge on any atom is 0.248 e. The molecule has 20 heavy (non-hydrogen) atoms. The van der Waals surface area contributed by atoms with E-state index >= 15 is 0 Å². The lowest BCUT2D eigenvalue weighted by Crippen LogP contribution is -2.10. The van der Waals surface area contributed by atoms with Crippen LogP contribution in [0.4, 0.5) is 4.39 Å². The molecule has 0 unspecified atom stereocenters. The number of primary amides is 1. The fourth-order valence-electron chi connectivity index (χ4n) is 2.18. The first-order chi connectivity index (χ1) is 9.65. The summed E-state index contributed by atoms with van der Waals surface area (Å²) >= 11 is 0. The Hall–Kier alpha value is -2.75. The molecule has 2 N–H and O–H groups in total. The van der Waals surface area contributed by atoms with Gasteiger partial charge >= 0.3 is 0 Å². The van der Waals surface area contributed by atoms with Crippen LogP contribution in [0.5, 0.6) is 0 Å². The first kappa shape index (κ1) is 12.3. The summed E-state index contributed by atoms with van der Waals surface area (Å²) in [6, 6.07) is 11.4. The van der Waals surface area contributed by atoms with Crippen LogP contribution in [0.2, 0.25) is 0 Å². The average molecular weight is 266 g/mol. The van der Waals surface area contributed by atoms with Crippen molar-refractivity contribution >= 4 is 16.7 Å². The van der Waals surface area contributed by atoms with Crippen LogP contribution in [0.1, 0.15) is 10.4 Å². The lowest BCUT2D eigenvalue weighted by Gasteiger charge is -2.07. The molecule has 1 amide bonds. The Morgan fingerprint density at radius 2 is 1.80 bits per heavy atom. The molecule has 0 spiro atoms. The van der Waals surface area contributed by atoms with Gasteiger partial charge in [0.05, 0.1) is 0 Å². The van der Waals surface area contributed by atoms with E-state index in [0.717, 1.165) is 21.9 Å². The van der Waals surface area contributed by atoms with Gasteiger partial charge in [-0.3, -0.25) is 9.78 Å². The highest BCUT2D eigenvalue weighted by atomic mass is 19.1. The van der Waals surface area contributed by atoms with Crippen LogP contribution in [0.15, 0.2) is 54.9 Å². The fourth-order valence-corrected chi connectivity index (χ4v) is 2.18. The van der Waals surface area contributed by atoms with E-state index in [1.807, 2.05) is 0 Å². The third-order valence-corrected chi connectivity index (χ3v) is 3.20. The number of fused-ring (bicyclic) bond motifs is 1. The van der Waals surface area contributed by atoms with Gasteiger partial charge in [0, 0.05) is 28.9 Å². The van der Waals surface area contributed by atoms with Gasteiger partial charge in [-0.2, -0.15) is 0 Å². The lowest BCUT2D eigenvalue weighted by atomic mass is 9.99. The van der Waals surface area contributed by atoms with Gasteiger partial charge in [0.2, 0.25) is 5.91 Å². The van der Waals surface area contributed by atoms with E-state index in [1.54, 1.807) is 42.7 Å². The molecule has 3 nitrogen and oxygen atoms in total. The van der Waals surface area contributed by atoms with E-state index < -0.39 is 5.91 Å². The molecule has 0 aliphatic rings. The molecule has 0 bridgehead atoms. The van der Waals surface area contributed by atoms with Gasteiger partial charge in [0.25, 0.3) is 0 Å². The molecule has 1 heterocycles. The van der Waals surface area contributed by atoms with Crippen molar-refractivity contribution in [2.75, 3.05) is 0 Å². The Kier molecular flexibility index (Phi) is 2.91. The Morgan fingerprint density at radius 3 is 2.50 bits per heavy atom. The van der Waals surface area contributed by atoms with E-state index in [0.29, 0.717) is 5.56 Å². The smallest absolute Gasteiger partial charge is 0.248 e. The van der Waals surface area contributed by atoms with E-state index in [4.69, 9.17) is 5.73 Å². The summed E-state index contributed by atoms with van der Waals surface area (Å²) in [6.07, 6.45) is 3.41. The first-order valence-corrected chi connectivity index (χ1v) is 6.08. The van der Waals surface area contributed by atoms with Gasteiger partial charge in [0.1, 0.15) is 5.82 Å². The SMILES string of the molecule is NC(=O)c1ccc2cncc(-c3ccc(F)cc3)c2c1. The summed E-state index contributed by atoms with van der Waals surface area (Å²) in [6.45, 7) is 0. The van der Waals surface area contributed by atoms with Crippen molar-refractivity contribution in [3.8, 4) is 11.1 Å². The number of hydrogen-bond acceptors (Lipinski definition) is 2. The normalized spacial score (nSPS) is 10.7. The quantitative estimate of drug-likeness (QED) is 0.774. The summed E-state index contributed by atoms with van der Waals surface area (Å²) in [5.74, 6) is -0.770. The molecule has 98 valence electrons. The topological polar surface area (TPSA) is 56.0 Å². The molecule has 0 atom stereocenters. The van der Waals surface area contributed by atoms with Gasteiger partial charge in [-0.1, -0.05) is 18.2 Å². The minimum absolute atomic E-state index is 0.292. The highest BCUT2D eigenvalue weighted by Gasteiger charge is 2.08. The van der Waals surface area contributed by atoms with E-state index in [2.05, 4.69) is 4.98 Å². The molecule has 4 heteroatoms. The molecule has 0 saturated carbocycles. The Morgan fingerprint density at radius 1 is 1.05 bits per heavy atom. The second-order valence-electron chi connectivity index (χ2n) is 4.49. The van der Waals surface area contributed by atoms with E-state index in [1.165, 1.54) is 12.1 Å². The zero-order valence-corrected chi connectivity index (χ0v) is 10.5.